The Kier molecular flexibility index (Phi) is 5.19. The van der Waals surface area contributed by atoms with E-state index in [9.17, 15) is 4.79 Å². The maximum absolute atomic E-state index is 12.2. The van der Waals surface area contributed by atoms with Crippen LogP contribution in [0.4, 0.5) is 10.5 Å². The third-order valence-electron chi connectivity index (χ3n) is 4.65. The SMILES string of the molecule is NC1CC(CNC(=O)N2CCN(c3ccc(Cl)c(Cl)c3)CC2)C1. The number of nitrogens with two attached hydrogens (primary N) is 1. The standard InChI is InChI=1S/C16H22Cl2N4O/c17-14-2-1-13(9-15(14)18)21-3-5-22(6-4-21)16(23)20-10-11-7-12(19)8-11/h1-2,9,11-12H,3-8,10,19H2,(H,20,23). The van der Waals surface area contributed by atoms with Crippen molar-refractivity contribution in [2.24, 2.45) is 11.7 Å². The van der Waals surface area contributed by atoms with E-state index in [0.717, 1.165) is 38.2 Å². The highest BCUT2D eigenvalue weighted by atomic mass is 35.5. The van der Waals surface area contributed by atoms with Crippen LogP contribution in [0.25, 0.3) is 0 Å². The highest BCUT2D eigenvalue weighted by Crippen LogP contribution is 2.28. The number of rotatable bonds is 3. The Balaban J connectivity index is 1.45. The molecule has 1 aromatic carbocycles. The normalized spacial score (nSPS) is 24.3. The fraction of sp³-hybridized carbons (Fsp3) is 0.562. The molecule has 3 rings (SSSR count). The molecule has 1 aliphatic carbocycles. The van der Waals surface area contributed by atoms with Crippen LogP contribution in [0.3, 0.4) is 0 Å². The third-order valence-corrected chi connectivity index (χ3v) is 5.39. The quantitative estimate of drug-likeness (QED) is 0.874. The number of amides is 2. The van der Waals surface area contributed by atoms with Crippen molar-refractivity contribution in [3.8, 4) is 0 Å². The van der Waals surface area contributed by atoms with Crippen LogP contribution in [0.5, 0.6) is 0 Å². The number of nitrogens with one attached hydrogen (secondary N) is 1. The molecule has 0 unspecified atom stereocenters. The predicted molar refractivity (Wildman–Crippen MR) is 94.3 cm³/mol. The Morgan fingerprint density at radius 2 is 1.87 bits per heavy atom. The highest BCUT2D eigenvalue weighted by molar-refractivity contribution is 6.42. The van der Waals surface area contributed by atoms with Crippen LogP contribution in [0.1, 0.15) is 12.8 Å². The average molecular weight is 357 g/mol. The predicted octanol–water partition coefficient (Wildman–Crippen LogP) is 2.56. The van der Waals surface area contributed by atoms with Gasteiger partial charge in [-0.1, -0.05) is 23.2 Å². The van der Waals surface area contributed by atoms with Crippen molar-refractivity contribution in [3.63, 3.8) is 0 Å². The number of nitrogens with zero attached hydrogens (tertiary/aromatic N) is 2. The van der Waals surface area contributed by atoms with Gasteiger partial charge in [-0.3, -0.25) is 0 Å². The number of hydrogen-bond donors (Lipinski definition) is 2. The van der Waals surface area contributed by atoms with E-state index in [1.807, 2.05) is 23.1 Å². The van der Waals surface area contributed by atoms with Crippen molar-refractivity contribution >= 4 is 34.9 Å². The lowest BCUT2D eigenvalue weighted by atomic mass is 9.81. The summed E-state index contributed by atoms with van der Waals surface area (Å²) in [6.45, 7) is 3.73. The zero-order chi connectivity index (χ0) is 16.4. The Labute approximate surface area is 146 Å². The molecule has 1 aliphatic heterocycles. The van der Waals surface area contributed by atoms with Crippen molar-refractivity contribution in [3.05, 3.63) is 28.2 Å². The van der Waals surface area contributed by atoms with Gasteiger partial charge in [0.05, 0.1) is 10.0 Å². The van der Waals surface area contributed by atoms with Crippen molar-refractivity contribution in [2.75, 3.05) is 37.6 Å². The van der Waals surface area contributed by atoms with Gasteiger partial charge in [-0.15, -0.1) is 0 Å². The minimum Gasteiger partial charge on any atom is -0.368 e. The van der Waals surface area contributed by atoms with Crippen LogP contribution >= 0.6 is 23.2 Å². The number of halogens is 2. The molecule has 1 aromatic rings. The largest absolute Gasteiger partial charge is 0.368 e. The summed E-state index contributed by atoms with van der Waals surface area (Å²) in [6.07, 6.45) is 2.04. The van der Waals surface area contributed by atoms with E-state index in [1.54, 1.807) is 0 Å². The van der Waals surface area contributed by atoms with Crippen LogP contribution in [0, 0.1) is 5.92 Å². The Hall–Kier alpha value is -1.17. The fourth-order valence-corrected chi connectivity index (χ4v) is 3.44. The Morgan fingerprint density at radius 1 is 1.17 bits per heavy atom. The van der Waals surface area contributed by atoms with E-state index in [4.69, 9.17) is 28.9 Å². The third kappa shape index (κ3) is 4.03. The van der Waals surface area contributed by atoms with Gasteiger partial charge in [-0.05, 0) is 37.0 Å². The van der Waals surface area contributed by atoms with Crippen LogP contribution in [0.15, 0.2) is 18.2 Å². The molecule has 23 heavy (non-hydrogen) atoms. The number of anilines is 1. The molecule has 0 aromatic heterocycles. The van der Waals surface area contributed by atoms with Gasteiger partial charge in [-0.2, -0.15) is 0 Å². The first kappa shape index (κ1) is 16.7. The number of urea groups is 1. The van der Waals surface area contributed by atoms with Crippen molar-refractivity contribution in [1.82, 2.24) is 10.2 Å². The lowest BCUT2D eigenvalue weighted by Gasteiger charge is -2.37. The second kappa shape index (κ2) is 7.16. The fourth-order valence-electron chi connectivity index (χ4n) is 3.15. The molecule has 2 fully saturated rings. The smallest absolute Gasteiger partial charge is 0.317 e. The molecule has 5 nitrogen and oxygen atoms in total. The lowest BCUT2D eigenvalue weighted by Crippen LogP contribution is -2.53. The maximum Gasteiger partial charge on any atom is 0.317 e. The van der Waals surface area contributed by atoms with Gasteiger partial charge in [0, 0.05) is 44.5 Å². The Bertz CT molecular complexity index is 569. The van der Waals surface area contributed by atoms with E-state index in [2.05, 4.69) is 10.2 Å². The average Bonchev–Trinajstić information content (AvgIpc) is 2.53. The summed E-state index contributed by atoms with van der Waals surface area (Å²) < 4.78 is 0. The van der Waals surface area contributed by atoms with Crippen LogP contribution in [-0.2, 0) is 0 Å². The monoisotopic (exact) mass is 356 g/mol. The molecular weight excluding hydrogens is 335 g/mol. The maximum atomic E-state index is 12.2. The highest BCUT2D eigenvalue weighted by Gasteiger charge is 2.27. The van der Waals surface area contributed by atoms with Gasteiger partial charge in [-0.25, -0.2) is 4.79 Å². The second-order valence-corrected chi connectivity index (χ2v) is 7.17. The van der Waals surface area contributed by atoms with Gasteiger partial charge in [0.15, 0.2) is 0 Å². The van der Waals surface area contributed by atoms with E-state index in [0.29, 0.717) is 35.1 Å². The first-order chi connectivity index (χ1) is 11.0. The van der Waals surface area contributed by atoms with E-state index in [1.165, 1.54) is 0 Å². The van der Waals surface area contributed by atoms with Crippen molar-refractivity contribution in [1.29, 1.82) is 0 Å². The summed E-state index contributed by atoms with van der Waals surface area (Å²) >= 11 is 12.0. The molecule has 2 amide bonds. The van der Waals surface area contributed by atoms with Crippen LogP contribution in [0.2, 0.25) is 10.0 Å². The summed E-state index contributed by atoms with van der Waals surface area (Å²) in [7, 11) is 0. The molecule has 7 heteroatoms. The molecular formula is C16H22Cl2N4O. The topological polar surface area (TPSA) is 61.6 Å². The Morgan fingerprint density at radius 3 is 2.48 bits per heavy atom. The van der Waals surface area contributed by atoms with E-state index >= 15 is 0 Å². The summed E-state index contributed by atoms with van der Waals surface area (Å²) in [5, 5.41) is 4.14. The first-order valence-electron chi connectivity index (χ1n) is 8.01. The minimum absolute atomic E-state index is 0.0271. The van der Waals surface area contributed by atoms with E-state index in [-0.39, 0.29) is 6.03 Å². The van der Waals surface area contributed by atoms with Crippen molar-refractivity contribution in [2.45, 2.75) is 18.9 Å². The van der Waals surface area contributed by atoms with Gasteiger partial charge in [0.2, 0.25) is 0 Å². The van der Waals surface area contributed by atoms with Gasteiger partial charge < -0.3 is 20.9 Å². The van der Waals surface area contributed by atoms with Gasteiger partial charge >= 0.3 is 6.03 Å². The second-order valence-electron chi connectivity index (χ2n) is 6.36. The van der Waals surface area contributed by atoms with Gasteiger partial charge in [0.25, 0.3) is 0 Å². The number of piperazine rings is 1. The molecule has 0 spiro atoms. The molecule has 0 atom stereocenters. The summed E-state index contributed by atoms with van der Waals surface area (Å²) in [5.74, 6) is 0.548. The molecule has 2 aliphatic rings. The molecule has 126 valence electrons. The molecule has 0 radical (unpaired) electrons. The zero-order valence-electron chi connectivity index (χ0n) is 13.0. The number of hydrogen-bond acceptors (Lipinski definition) is 3. The molecule has 1 saturated carbocycles. The molecule has 0 bridgehead atoms. The van der Waals surface area contributed by atoms with Crippen LogP contribution < -0.4 is 16.0 Å². The zero-order valence-corrected chi connectivity index (χ0v) is 14.5. The summed E-state index contributed by atoms with van der Waals surface area (Å²) in [4.78, 5) is 16.3. The summed E-state index contributed by atoms with van der Waals surface area (Å²) in [5.41, 5.74) is 6.81. The van der Waals surface area contributed by atoms with Crippen LogP contribution in [-0.4, -0.2) is 49.7 Å². The van der Waals surface area contributed by atoms with Gasteiger partial charge in [0.1, 0.15) is 0 Å². The first-order valence-corrected chi connectivity index (χ1v) is 8.77. The molecule has 1 heterocycles. The summed E-state index contributed by atoms with van der Waals surface area (Å²) in [6, 6.07) is 6.00. The number of benzene rings is 1. The molecule has 1 saturated heterocycles. The minimum atomic E-state index is 0.0271. The van der Waals surface area contributed by atoms with E-state index < -0.39 is 0 Å². The number of carbonyl (C=O) groups is 1. The lowest BCUT2D eigenvalue weighted by molar-refractivity contribution is 0.185. The molecule has 3 N–H and O–H groups in total. The number of carbonyl (C=O) groups excluding carboxylic acids is 1. The van der Waals surface area contributed by atoms with Crippen molar-refractivity contribution < 1.29 is 4.79 Å².